The second-order valence-electron chi connectivity index (χ2n) is 3.26. The van der Waals surface area contributed by atoms with Crippen LogP contribution in [-0.2, 0) is 0 Å². The van der Waals surface area contributed by atoms with Crippen LogP contribution >= 0.6 is 0 Å². The Hall–Kier alpha value is -2.03. The van der Waals surface area contributed by atoms with Gasteiger partial charge >= 0.3 is 5.88 Å². The number of carbonyl (C=O) groups is 1. The zero-order chi connectivity index (χ0) is 13.7. The first-order chi connectivity index (χ1) is 8.45. The molecule has 1 heterocycles. The lowest BCUT2D eigenvalue weighted by molar-refractivity contribution is -0.402. The fraction of sp³-hybridized carbons (Fsp3) is 0.444. The molecule has 1 aromatic rings. The van der Waals surface area contributed by atoms with Gasteiger partial charge in [-0.05, 0) is 6.07 Å². The quantitative estimate of drug-likeness (QED) is 0.607. The Kier molecular flexibility index (Phi) is 4.72. The fourth-order valence-electron chi connectivity index (χ4n) is 1.26. The maximum atomic E-state index is 12.2. The highest BCUT2D eigenvalue weighted by Crippen LogP contribution is 2.17. The molecule has 0 radical (unpaired) electrons. The van der Waals surface area contributed by atoms with E-state index in [0.29, 0.717) is 4.90 Å². The Morgan fingerprint density at radius 1 is 1.56 bits per heavy atom. The summed E-state index contributed by atoms with van der Waals surface area (Å²) < 4.78 is 29.0. The third-order valence-electron chi connectivity index (χ3n) is 2.00. The van der Waals surface area contributed by atoms with Crippen molar-refractivity contribution in [3.05, 3.63) is 28.0 Å². The molecule has 0 aromatic carbocycles. The number of hydrogen-bond acceptors (Lipinski definition) is 5. The number of rotatable bonds is 6. The Labute approximate surface area is 99.8 Å². The van der Waals surface area contributed by atoms with E-state index in [2.05, 4.69) is 4.42 Å². The number of alkyl halides is 2. The summed E-state index contributed by atoms with van der Waals surface area (Å²) >= 11 is 0. The summed E-state index contributed by atoms with van der Waals surface area (Å²) in [4.78, 5) is 21.8. The topological polar surface area (TPSA) is 96.8 Å². The third kappa shape index (κ3) is 3.48. The van der Waals surface area contributed by atoms with Gasteiger partial charge in [0.1, 0.15) is 4.92 Å². The molecule has 1 amide bonds. The summed E-state index contributed by atoms with van der Waals surface area (Å²) in [6, 6.07) is 1.98. The smallest absolute Gasteiger partial charge is 0.395 e. The summed E-state index contributed by atoms with van der Waals surface area (Å²) in [5.74, 6) is -2.01. The van der Waals surface area contributed by atoms with Gasteiger partial charge in [-0.1, -0.05) is 0 Å². The van der Waals surface area contributed by atoms with E-state index in [1.54, 1.807) is 0 Å². The van der Waals surface area contributed by atoms with Gasteiger partial charge in [0, 0.05) is 6.54 Å². The van der Waals surface area contributed by atoms with Crippen molar-refractivity contribution < 1.29 is 28.0 Å². The predicted molar refractivity (Wildman–Crippen MR) is 54.4 cm³/mol. The molecule has 7 nitrogen and oxygen atoms in total. The highest BCUT2D eigenvalue weighted by molar-refractivity contribution is 5.91. The van der Waals surface area contributed by atoms with Gasteiger partial charge in [0.25, 0.3) is 12.3 Å². The first-order valence-electron chi connectivity index (χ1n) is 4.88. The number of nitro groups is 1. The molecule has 0 saturated carbocycles. The summed E-state index contributed by atoms with van der Waals surface area (Å²) in [6.45, 7) is -1.69. The predicted octanol–water partition coefficient (Wildman–Crippen LogP) is 0.887. The molecule has 0 atom stereocenters. The minimum Gasteiger partial charge on any atom is -0.395 e. The lowest BCUT2D eigenvalue weighted by atomic mass is 10.3. The van der Waals surface area contributed by atoms with Crippen LogP contribution in [-0.4, -0.2) is 47.0 Å². The summed E-state index contributed by atoms with van der Waals surface area (Å²) in [5, 5.41) is 19.0. The molecular formula is C9H10F2N2O5. The maximum absolute atomic E-state index is 12.2. The van der Waals surface area contributed by atoms with Crippen LogP contribution in [0.1, 0.15) is 10.6 Å². The third-order valence-corrected chi connectivity index (χ3v) is 2.00. The van der Waals surface area contributed by atoms with Gasteiger partial charge in [0.05, 0.1) is 19.2 Å². The zero-order valence-electron chi connectivity index (χ0n) is 9.08. The highest BCUT2D eigenvalue weighted by Gasteiger charge is 2.24. The van der Waals surface area contributed by atoms with Crippen molar-refractivity contribution in [1.82, 2.24) is 4.90 Å². The van der Waals surface area contributed by atoms with Crippen LogP contribution in [0.3, 0.4) is 0 Å². The molecule has 18 heavy (non-hydrogen) atoms. The zero-order valence-corrected chi connectivity index (χ0v) is 9.08. The summed E-state index contributed by atoms with van der Waals surface area (Å²) in [7, 11) is 0. The minimum absolute atomic E-state index is 0.308. The van der Waals surface area contributed by atoms with Gasteiger partial charge in [0.15, 0.2) is 5.76 Å². The van der Waals surface area contributed by atoms with E-state index in [9.17, 15) is 23.7 Å². The van der Waals surface area contributed by atoms with Gasteiger partial charge in [-0.25, -0.2) is 8.78 Å². The summed E-state index contributed by atoms with van der Waals surface area (Å²) in [6.07, 6.45) is -2.77. The van der Waals surface area contributed by atoms with Crippen LogP contribution in [0.15, 0.2) is 16.5 Å². The first kappa shape index (κ1) is 14.0. The standard InChI is InChI=1S/C9H10F2N2O5/c10-7(11)5-12(3-4-14)9(15)6-1-2-8(18-6)13(16)17/h1-2,7,14H,3-5H2. The van der Waals surface area contributed by atoms with Crippen LogP contribution in [0.4, 0.5) is 14.7 Å². The average Bonchev–Trinajstić information content (AvgIpc) is 2.76. The summed E-state index contributed by atoms with van der Waals surface area (Å²) in [5.41, 5.74) is 0. The molecular weight excluding hydrogens is 254 g/mol. The number of amides is 1. The lowest BCUT2D eigenvalue weighted by Crippen LogP contribution is -2.37. The van der Waals surface area contributed by atoms with E-state index in [4.69, 9.17) is 5.11 Å². The van der Waals surface area contributed by atoms with E-state index in [1.807, 2.05) is 0 Å². The van der Waals surface area contributed by atoms with Crippen LogP contribution in [0.2, 0.25) is 0 Å². The molecule has 1 N–H and O–H groups in total. The van der Waals surface area contributed by atoms with Gasteiger partial charge in [0.2, 0.25) is 0 Å². The van der Waals surface area contributed by atoms with Crippen LogP contribution in [0, 0.1) is 10.1 Å². The van der Waals surface area contributed by atoms with E-state index in [-0.39, 0.29) is 6.54 Å². The van der Waals surface area contributed by atoms with Crippen molar-refractivity contribution in [2.75, 3.05) is 19.7 Å². The second-order valence-corrected chi connectivity index (χ2v) is 3.26. The van der Waals surface area contributed by atoms with Crippen LogP contribution in [0.5, 0.6) is 0 Å². The number of halogens is 2. The van der Waals surface area contributed by atoms with Crippen molar-refractivity contribution in [3.8, 4) is 0 Å². The number of carbonyl (C=O) groups excluding carboxylic acids is 1. The van der Waals surface area contributed by atoms with E-state index in [1.165, 1.54) is 0 Å². The van der Waals surface area contributed by atoms with Crippen molar-refractivity contribution in [2.45, 2.75) is 6.43 Å². The van der Waals surface area contributed by atoms with Crippen molar-refractivity contribution in [3.63, 3.8) is 0 Å². The van der Waals surface area contributed by atoms with Crippen molar-refractivity contribution in [1.29, 1.82) is 0 Å². The molecule has 1 aromatic heterocycles. The highest BCUT2D eigenvalue weighted by atomic mass is 19.3. The van der Waals surface area contributed by atoms with E-state index in [0.717, 1.165) is 12.1 Å². The molecule has 0 spiro atoms. The van der Waals surface area contributed by atoms with E-state index < -0.39 is 42.1 Å². The molecule has 1 rings (SSSR count). The maximum Gasteiger partial charge on any atom is 0.433 e. The van der Waals surface area contributed by atoms with Crippen molar-refractivity contribution in [2.24, 2.45) is 0 Å². The van der Waals surface area contributed by atoms with Gasteiger partial charge in [-0.2, -0.15) is 0 Å². The Balaban J connectivity index is 2.83. The normalized spacial score (nSPS) is 10.7. The lowest BCUT2D eigenvalue weighted by Gasteiger charge is -2.19. The average molecular weight is 264 g/mol. The number of hydrogen-bond donors (Lipinski definition) is 1. The Morgan fingerprint density at radius 2 is 2.22 bits per heavy atom. The Bertz CT molecular complexity index is 434. The van der Waals surface area contributed by atoms with Crippen molar-refractivity contribution >= 4 is 11.8 Å². The van der Waals surface area contributed by atoms with Gasteiger partial charge in [-0.3, -0.25) is 14.9 Å². The number of aliphatic hydroxyl groups excluding tert-OH is 1. The molecule has 100 valence electrons. The molecule has 0 fully saturated rings. The monoisotopic (exact) mass is 264 g/mol. The van der Waals surface area contributed by atoms with Crippen LogP contribution < -0.4 is 0 Å². The Morgan fingerprint density at radius 3 is 2.67 bits per heavy atom. The largest absolute Gasteiger partial charge is 0.433 e. The van der Waals surface area contributed by atoms with Gasteiger partial charge in [-0.15, -0.1) is 0 Å². The molecule has 0 aliphatic heterocycles. The molecule has 9 heteroatoms. The second kappa shape index (κ2) is 6.05. The fourth-order valence-corrected chi connectivity index (χ4v) is 1.26. The molecule has 0 saturated heterocycles. The SMILES string of the molecule is O=C(c1ccc([N+](=O)[O-])o1)N(CCO)CC(F)F. The molecule has 0 aliphatic carbocycles. The minimum atomic E-state index is -2.77. The number of furan rings is 1. The van der Waals surface area contributed by atoms with Gasteiger partial charge < -0.3 is 14.4 Å². The molecule has 0 aliphatic rings. The molecule has 0 unspecified atom stereocenters. The molecule has 0 bridgehead atoms. The number of nitrogens with zero attached hydrogens (tertiary/aromatic N) is 2. The van der Waals surface area contributed by atoms with E-state index >= 15 is 0 Å². The van der Waals surface area contributed by atoms with Crippen LogP contribution in [0.25, 0.3) is 0 Å². The first-order valence-corrected chi connectivity index (χ1v) is 4.88. The number of aliphatic hydroxyl groups is 1.